The van der Waals surface area contributed by atoms with Crippen molar-refractivity contribution in [3.8, 4) is 5.75 Å². The molecule has 6 N–H and O–H groups in total. The number of rotatable bonds is 8. The number of hydrogen-bond acceptors (Lipinski definition) is 11. The fraction of sp³-hybridized carbons (Fsp3) is 0.350. The third-order valence-corrected chi connectivity index (χ3v) is 5.13. The molecule has 0 spiro atoms. The van der Waals surface area contributed by atoms with Gasteiger partial charge in [0.05, 0.1) is 6.33 Å². The summed E-state index contributed by atoms with van der Waals surface area (Å²) >= 11 is 0. The van der Waals surface area contributed by atoms with Crippen LogP contribution in [0, 0.1) is 0 Å². The first kappa shape index (κ1) is 23.2. The molecular formula is C20H22N6O8. The van der Waals surface area contributed by atoms with Gasteiger partial charge in [-0.1, -0.05) is 12.1 Å². The van der Waals surface area contributed by atoms with E-state index in [9.17, 15) is 24.9 Å². The third kappa shape index (κ3) is 4.98. The number of anilines is 1. The predicted octanol–water partition coefficient (Wildman–Crippen LogP) is -0.426. The summed E-state index contributed by atoms with van der Waals surface area (Å²) in [6, 6.07) is 6.66. The lowest BCUT2D eigenvalue weighted by Gasteiger charge is -2.16. The normalized spacial score (nSPS) is 21.9. The van der Waals surface area contributed by atoms with Gasteiger partial charge in [0.1, 0.15) is 43.5 Å². The van der Waals surface area contributed by atoms with Gasteiger partial charge in [-0.25, -0.2) is 19.7 Å². The first-order valence-electron chi connectivity index (χ1n) is 10.2. The quantitative estimate of drug-likeness (QED) is 0.246. The predicted molar refractivity (Wildman–Crippen MR) is 114 cm³/mol. The van der Waals surface area contributed by atoms with E-state index in [1.807, 2.05) is 5.32 Å². The van der Waals surface area contributed by atoms with E-state index < -0.39 is 49.8 Å². The van der Waals surface area contributed by atoms with Gasteiger partial charge >= 0.3 is 12.1 Å². The number of nitrogens with one attached hydrogen (secondary N) is 2. The van der Waals surface area contributed by atoms with E-state index in [2.05, 4.69) is 20.3 Å². The molecule has 1 saturated heterocycles. The summed E-state index contributed by atoms with van der Waals surface area (Å²) in [6.07, 6.45) is -3.21. The Kier molecular flexibility index (Phi) is 6.72. The lowest BCUT2D eigenvalue weighted by atomic mass is 10.1. The van der Waals surface area contributed by atoms with E-state index in [0.29, 0.717) is 23.5 Å². The Morgan fingerprint density at radius 1 is 1.12 bits per heavy atom. The summed E-state index contributed by atoms with van der Waals surface area (Å²) in [4.78, 5) is 34.7. The second-order valence-corrected chi connectivity index (χ2v) is 7.46. The maximum absolute atomic E-state index is 11.5. The summed E-state index contributed by atoms with van der Waals surface area (Å²) in [5.74, 6) is -0.649. The molecule has 1 aliphatic heterocycles. The number of phenolic OH excluding ortho intramolecular Hbond substituents is 1. The highest BCUT2D eigenvalue weighted by Gasteiger charge is 2.45. The molecule has 14 nitrogen and oxygen atoms in total. The van der Waals surface area contributed by atoms with Gasteiger partial charge in [0.25, 0.3) is 0 Å². The molecular weight excluding hydrogens is 452 g/mol. The smallest absolute Gasteiger partial charge is 0.407 e. The first-order valence-corrected chi connectivity index (χ1v) is 10.2. The van der Waals surface area contributed by atoms with E-state index in [1.54, 1.807) is 24.3 Å². The van der Waals surface area contributed by atoms with E-state index in [4.69, 9.17) is 14.6 Å². The number of benzene rings is 1. The lowest BCUT2D eigenvalue weighted by Crippen LogP contribution is -2.36. The van der Waals surface area contributed by atoms with Crippen LogP contribution in [0.25, 0.3) is 11.2 Å². The minimum atomic E-state index is -1.39. The van der Waals surface area contributed by atoms with Gasteiger partial charge in [-0.2, -0.15) is 0 Å². The van der Waals surface area contributed by atoms with E-state index in [0.717, 1.165) is 5.56 Å². The standard InChI is InChI=1S/C20H22N6O8/c27-11-3-1-10(2-4-11)5-21-17-14-18(24-8-23-17)26(9-25-14)19-16(31)15(30)12(34-19)7-33-20(32)22-6-13(28)29/h1-4,8-9,12,15-16,19,27,30-31H,5-7H2,(H,22,32)(H,28,29)(H,21,23,24). The minimum Gasteiger partial charge on any atom is -0.508 e. The van der Waals surface area contributed by atoms with Crippen molar-refractivity contribution in [2.24, 2.45) is 0 Å². The van der Waals surface area contributed by atoms with Crippen LogP contribution in [0.5, 0.6) is 5.75 Å². The summed E-state index contributed by atoms with van der Waals surface area (Å²) in [5, 5.41) is 44.0. The number of hydrogen-bond donors (Lipinski definition) is 6. The van der Waals surface area contributed by atoms with Crippen molar-refractivity contribution in [1.82, 2.24) is 24.8 Å². The number of ether oxygens (including phenoxy) is 2. The second kappa shape index (κ2) is 9.86. The van der Waals surface area contributed by atoms with Crippen LogP contribution in [0.2, 0.25) is 0 Å². The number of fused-ring (bicyclic) bond motifs is 1. The SMILES string of the molecule is O=C(O)CNC(=O)OCC1OC(n2cnc3c(NCc4ccc(O)cc4)ncnc32)C(O)C1O. The largest absolute Gasteiger partial charge is 0.508 e. The number of amides is 1. The maximum atomic E-state index is 11.5. The van der Waals surface area contributed by atoms with E-state index >= 15 is 0 Å². The van der Waals surface area contributed by atoms with E-state index in [-0.39, 0.29) is 5.75 Å². The lowest BCUT2D eigenvalue weighted by molar-refractivity contribution is -0.135. The Morgan fingerprint density at radius 3 is 2.62 bits per heavy atom. The maximum Gasteiger partial charge on any atom is 0.407 e. The number of imidazole rings is 1. The fourth-order valence-corrected chi connectivity index (χ4v) is 3.42. The van der Waals surface area contributed by atoms with Crippen molar-refractivity contribution in [3.05, 3.63) is 42.5 Å². The molecule has 4 unspecified atom stereocenters. The molecule has 2 aromatic heterocycles. The number of aromatic nitrogens is 4. The topological polar surface area (TPSA) is 201 Å². The van der Waals surface area contributed by atoms with Crippen LogP contribution < -0.4 is 10.6 Å². The van der Waals surface area contributed by atoms with Crippen molar-refractivity contribution >= 4 is 29.0 Å². The Morgan fingerprint density at radius 2 is 1.88 bits per heavy atom. The molecule has 34 heavy (non-hydrogen) atoms. The summed E-state index contributed by atoms with van der Waals surface area (Å²) in [6.45, 7) is -0.632. The molecule has 0 radical (unpaired) electrons. The fourth-order valence-electron chi connectivity index (χ4n) is 3.42. The summed E-state index contributed by atoms with van der Waals surface area (Å²) < 4.78 is 12.0. The van der Waals surface area contributed by atoms with Crippen molar-refractivity contribution in [3.63, 3.8) is 0 Å². The molecule has 1 aromatic carbocycles. The van der Waals surface area contributed by atoms with Gasteiger partial charge < -0.3 is 40.5 Å². The van der Waals surface area contributed by atoms with Crippen molar-refractivity contribution < 1.29 is 39.5 Å². The number of aliphatic carboxylic acids is 1. The average Bonchev–Trinajstić information content (AvgIpc) is 3.37. The van der Waals surface area contributed by atoms with Gasteiger partial charge in [-0.15, -0.1) is 0 Å². The number of carboxylic acids is 1. The average molecular weight is 474 g/mol. The number of carbonyl (C=O) groups is 2. The molecule has 1 amide bonds. The number of alkyl carbamates (subject to hydrolysis) is 1. The number of carbonyl (C=O) groups excluding carboxylic acids is 1. The van der Waals surface area contributed by atoms with Gasteiger partial charge in [0.2, 0.25) is 0 Å². The number of carboxylic acid groups (broad SMARTS) is 1. The number of aliphatic hydroxyl groups is 2. The monoisotopic (exact) mass is 474 g/mol. The zero-order chi connectivity index (χ0) is 24.2. The molecule has 0 saturated carbocycles. The third-order valence-electron chi connectivity index (χ3n) is 5.13. The van der Waals surface area contributed by atoms with Gasteiger partial charge in [-0.05, 0) is 17.7 Å². The number of nitrogens with zero attached hydrogens (tertiary/aromatic N) is 4. The molecule has 3 heterocycles. The van der Waals surface area contributed by atoms with Crippen molar-refractivity contribution in [2.75, 3.05) is 18.5 Å². The van der Waals surface area contributed by atoms with Crippen LogP contribution in [0.15, 0.2) is 36.9 Å². The van der Waals surface area contributed by atoms with Gasteiger partial charge in [0, 0.05) is 6.54 Å². The minimum absolute atomic E-state index is 0.161. The summed E-state index contributed by atoms with van der Waals surface area (Å²) in [7, 11) is 0. The Labute approximate surface area is 191 Å². The number of phenols is 1. The van der Waals surface area contributed by atoms with Crippen LogP contribution >= 0.6 is 0 Å². The van der Waals surface area contributed by atoms with Gasteiger partial charge in [0.15, 0.2) is 23.2 Å². The highest BCUT2D eigenvalue weighted by Crippen LogP contribution is 2.32. The molecule has 180 valence electrons. The van der Waals surface area contributed by atoms with Gasteiger partial charge in [-0.3, -0.25) is 9.36 Å². The highest BCUT2D eigenvalue weighted by molar-refractivity contribution is 5.82. The molecule has 4 rings (SSSR count). The van der Waals surface area contributed by atoms with Crippen LogP contribution in [0.3, 0.4) is 0 Å². The number of aliphatic hydroxyl groups excluding tert-OH is 2. The Hall–Kier alpha value is -4.01. The molecule has 3 aromatic rings. The zero-order valence-corrected chi connectivity index (χ0v) is 17.6. The van der Waals surface area contributed by atoms with Crippen LogP contribution in [0.4, 0.5) is 10.6 Å². The van der Waals surface area contributed by atoms with Crippen molar-refractivity contribution in [1.29, 1.82) is 0 Å². The zero-order valence-electron chi connectivity index (χ0n) is 17.6. The summed E-state index contributed by atoms with van der Waals surface area (Å²) in [5.41, 5.74) is 1.64. The molecule has 1 aliphatic rings. The van der Waals surface area contributed by atoms with Crippen molar-refractivity contribution in [2.45, 2.75) is 31.1 Å². The Balaban J connectivity index is 1.44. The molecule has 4 atom stereocenters. The van der Waals surface area contributed by atoms with Crippen LogP contribution in [-0.4, -0.2) is 83.5 Å². The molecule has 0 aliphatic carbocycles. The number of aromatic hydroxyl groups is 1. The Bertz CT molecular complexity index is 1170. The molecule has 14 heteroatoms. The molecule has 1 fully saturated rings. The molecule has 0 bridgehead atoms. The first-order chi connectivity index (χ1) is 16.3. The second-order valence-electron chi connectivity index (χ2n) is 7.46. The van der Waals surface area contributed by atoms with Crippen LogP contribution in [-0.2, 0) is 20.8 Å². The van der Waals surface area contributed by atoms with E-state index in [1.165, 1.54) is 17.2 Å². The van der Waals surface area contributed by atoms with Crippen LogP contribution in [0.1, 0.15) is 11.8 Å². The highest BCUT2D eigenvalue weighted by atomic mass is 16.6.